The van der Waals surface area contributed by atoms with Crippen LogP contribution in [0.1, 0.15) is 38.5 Å². The summed E-state index contributed by atoms with van der Waals surface area (Å²) in [6, 6.07) is 0. The summed E-state index contributed by atoms with van der Waals surface area (Å²) in [5.41, 5.74) is 0.464. The van der Waals surface area contributed by atoms with Crippen LogP contribution in [0.15, 0.2) is 0 Å². The van der Waals surface area contributed by atoms with Gasteiger partial charge in [-0.2, -0.15) is 0 Å². The van der Waals surface area contributed by atoms with Crippen molar-refractivity contribution < 1.29 is 5.11 Å². The molecule has 1 unspecified atom stereocenters. The van der Waals surface area contributed by atoms with E-state index >= 15 is 0 Å². The molecule has 0 amide bonds. The Bertz CT molecular complexity index is 161. The van der Waals surface area contributed by atoms with Crippen LogP contribution in [0.2, 0.25) is 0 Å². The van der Waals surface area contributed by atoms with Crippen molar-refractivity contribution in [1.82, 2.24) is 5.32 Å². The van der Waals surface area contributed by atoms with Gasteiger partial charge >= 0.3 is 0 Å². The van der Waals surface area contributed by atoms with Crippen molar-refractivity contribution in [2.45, 2.75) is 38.5 Å². The van der Waals surface area contributed by atoms with Gasteiger partial charge in [0.25, 0.3) is 0 Å². The summed E-state index contributed by atoms with van der Waals surface area (Å²) < 4.78 is 0. The third-order valence-electron chi connectivity index (χ3n) is 4.05. The fourth-order valence-electron chi connectivity index (χ4n) is 3.13. The van der Waals surface area contributed by atoms with Crippen LogP contribution in [-0.4, -0.2) is 24.8 Å². The Hall–Kier alpha value is -0.0800. The number of hydrogen-bond acceptors (Lipinski definition) is 2. The van der Waals surface area contributed by atoms with E-state index < -0.39 is 0 Å². The van der Waals surface area contributed by atoms with E-state index in [1.54, 1.807) is 0 Å². The van der Waals surface area contributed by atoms with Crippen LogP contribution in [-0.2, 0) is 0 Å². The first kappa shape index (κ1) is 9.47. The van der Waals surface area contributed by atoms with E-state index in [-0.39, 0.29) is 0 Å². The molecule has 1 atom stereocenters. The SMILES string of the molecule is OCC1CNCC12CCCCCC2. The lowest BCUT2D eigenvalue weighted by Crippen LogP contribution is -2.31. The van der Waals surface area contributed by atoms with Crippen molar-refractivity contribution >= 4 is 0 Å². The maximum Gasteiger partial charge on any atom is 0.0477 e. The minimum atomic E-state index is 0.382. The highest BCUT2D eigenvalue weighted by atomic mass is 16.3. The molecule has 2 rings (SSSR count). The Morgan fingerprint density at radius 2 is 1.85 bits per heavy atom. The summed E-state index contributed by atoms with van der Waals surface area (Å²) >= 11 is 0. The van der Waals surface area contributed by atoms with Crippen LogP contribution in [0.3, 0.4) is 0 Å². The lowest BCUT2D eigenvalue weighted by Gasteiger charge is -2.32. The first-order chi connectivity index (χ1) is 6.37. The average Bonchev–Trinajstić information content (AvgIpc) is 2.37. The zero-order valence-electron chi connectivity index (χ0n) is 8.39. The molecule has 1 saturated carbocycles. The van der Waals surface area contributed by atoms with E-state index in [0.29, 0.717) is 17.9 Å². The molecule has 0 radical (unpaired) electrons. The molecule has 1 spiro atoms. The zero-order valence-corrected chi connectivity index (χ0v) is 8.39. The highest BCUT2D eigenvalue weighted by molar-refractivity contribution is 4.95. The van der Waals surface area contributed by atoms with E-state index in [0.717, 1.165) is 13.1 Å². The van der Waals surface area contributed by atoms with Gasteiger partial charge in [-0.3, -0.25) is 0 Å². The third kappa shape index (κ3) is 1.75. The van der Waals surface area contributed by atoms with Crippen LogP contribution >= 0.6 is 0 Å². The van der Waals surface area contributed by atoms with Crippen LogP contribution < -0.4 is 5.32 Å². The van der Waals surface area contributed by atoms with Crippen LogP contribution in [0, 0.1) is 11.3 Å². The Morgan fingerprint density at radius 1 is 1.15 bits per heavy atom. The van der Waals surface area contributed by atoms with Crippen molar-refractivity contribution in [3.63, 3.8) is 0 Å². The molecule has 0 aromatic rings. The van der Waals surface area contributed by atoms with E-state index in [2.05, 4.69) is 5.32 Å². The molecule has 1 saturated heterocycles. The summed E-state index contributed by atoms with van der Waals surface area (Å²) in [4.78, 5) is 0. The molecule has 1 aliphatic heterocycles. The maximum absolute atomic E-state index is 9.34. The zero-order chi connectivity index (χ0) is 9.15. The van der Waals surface area contributed by atoms with E-state index in [1.807, 2.05) is 0 Å². The van der Waals surface area contributed by atoms with Gasteiger partial charge in [0.2, 0.25) is 0 Å². The van der Waals surface area contributed by atoms with Gasteiger partial charge in [0, 0.05) is 25.6 Å². The normalized spacial score (nSPS) is 33.5. The molecule has 13 heavy (non-hydrogen) atoms. The van der Waals surface area contributed by atoms with E-state index in [1.165, 1.54) is 38.5 Å². The fraction of sp³-hybridized carbons (Fsp3) is 1.00. The molecular formula is C11H21NO. The van der Waals surface area contributed by atoms with E-state index in [9.17, 15) is 5.11 Å². The highest BCUT2D eigenvalue weighted by Crippen LogP contribution is 2.43. The molecule has 2 nitrogen and oxygen atoms in total. The number of aliphatic hydroxyl groups excluding tert-OH is 1. The molecule has 1 aliphatic carbocycles. The van der Waals surface area contributed by atoms with Gasteiger partial charge in [-0.15, -0.1) is 0 Å². The van der Waals surface area contributed by atoms with Crippen molar-refractivity contribution in [1.29, 1.82) is 0 Å². The van der Waals surface area contributed by atoms with Crippen LogP contribution in [0.4, 0.5) is 0 Å². The van der Waals surface area contributed by atoms with Crippen molar-refractivity contribution in [3.8, 4) is 0 Å². The largest absolute Gasteiger partial charge is 0.396 e. The Balaban J connectivity index is 2.06. The van der Waals surface area contributed by atoms with Gasteiger partial charge in [0.15, 0.2) is 0 Å². The van der Waals surface area contributed by atoms with Gasteiger partial charge in [0.05, 0.1) is 0 Å². The number of hydrogen-bond donors (Lipinski definition) is 2. The highest BCUT2D eigenvalue weighted by Gasteiger charge is 2.41. The van der Waals surface area contributed by atoms with E-state index in [4.69, 9.17) is 0 Å². The molecule has 2 aliphatic rings. The van der Waals surface area contributed by atoms with Gasteiger partial charge in [0.1, 0.15) is 0 Å². The van der Waals surface area contributed by atoms with Crippen molar-refractivity contribution in [3.05, 3.63) is 0 Å². The topological polar surface area (TPSA) is 32.3 Å². The summed E-state index contributed by atoms with van der Waals surface area (Å²) in [6.07, 6.45) is 8.23. The molecule has 0 aromatic heterocycles. The molecular weight excluding hydrogens is 162 g/mol. The van der Waals surface area contributed by atoms with Crippen LogP contribution in [0.5, 0.6) is 0 Å². The summed E-state index contributed by atoms with van der Waals surface area (Å²) in [5.74, 6) is 0.533. The fourth-order valence-corrected chi connectivity index (χ4v) is 3.13. The second kappa shape index (κ2) is 3.97. The predicted octanol–water partition coefficient (Wildman–Crippen LogP) is 1.54. The Labute approximate surface area is 80.7 Å². The number of rotatable bonds is 1. The monoisotopic (exact) mass is 183 g/mol. The summed E-state index contributed by atoms with van der Waals surface area (Å²) in [7, 11) is 0. The van der Waals surface area contributed by atoms with Gasteiger partial charge in [-0.1, -0.05) is 25.7 Å². The molecule has 0 aromatic carbocycles. The predicted molar refractivity (Wildman–Crippen MR) is 53.6 cm³/mol. The molecule has 76 valence electrons. The third-order valence-corrected chi connectivity index (χ3v) is 4.05. The summed E-state index contributed by atoms with van der Waals surface area (Å²) in [6.45, 7) is 2.57. The molecule has 1 heterocycles. The first-order valence-electron chi connectivity index (χ1n) is 5.69. The van der Waals surface area contributed by atoms with Gasteiger partial charge < -0.3 is 10.4 Å². The second-order valence-electron chi connectivity index (χ2n) is 4.79. The Kier molecular flexibility index (Phi) is 2.89. The van der Waals surface area contributed by atoms with Crippen molar-refractivity contribution in [2.75, 3.05) is 19.7 Å². The number of aliphatic hydroxyl groups is 1. The summed E-state index contributed by atoms with van der Waals surface area (Å²) in [5, 5.41) is 12.8. The minimum Gasteiger partial charge on any atom is -0.396 e. The first-order valence-corrected chi connectivity index (χ1v) is 5.69. The molecule has 0 bridgehead atoms. The quantitative estimate of drug-likeness (QED) is 0.646. The van der Waals surface area contributed by atoms with Crippen LogP contribution in [0.25, 0.3) is 0 Å². The van der Waals surface area contributed by atoms with Crippen molar-refractivity contribution in [2.24, 2.45) is 11.3 Å². The standard InChI is InChI=1S/C11H21NO/c13-8-10-7-12-9-11(10)5-3-1-2-4-6-11/h10,12-13H,1-9H2. The average molecular weight is 183 g/mol. The lowest BCUT2D eigenvalue weighted by atomic mass is 9.72. The molecule has 2 fully saturated rings. The second-order valence-corrected chi connectivity index (χ2v) is 4.79. The smallest absolute Gasteiger partial charge is 0.0477 e. The lowest BCUT2D eigenvalue weighted by molar-refractivity contribution is 0.116. The van der Waals surface area contributed by atoms with Gasteiger partial charge in [-0.25, -0.2) is 0 Å². The number of nitrogens with one attached hydrogen (secondary N) is 1. The van der Waals surface area contributed by atoms with Gasteiger partial charge in [-0.05, 0) is 18.3 Å². The maximum atomic E-state index is 9.34. The minimum absolute atomic E-state index is 0.382. The molecule has 2 heteroatoms. The molecule has 2 N–H and O–H groups in total. The Morgan fingerprint density at radius 3 is 2.46 bits per heavy atom.